The van der Waals surface area contributed by atoms with Crippen molar-refractivity contribution < 1.29 is 4.79 Å². The first-order chi connectivity index (χ1) is 10.1. The molecule has 118 valence electrons. The summed E-state index contributed by atoms with van der Waals surface area (Å²) >= 11 is 0. The maximum absolute atomic E-state index is 12.3. The summed E-state index contributed by atoms with van der Waals surface area (Å²) in [5.41, 5.74) is 0.440. The first-order valence-corrected chi connectivity index (χ1v) is 9.15. The molecule has 3 nitrogen and oxygen atoms in total. The molecule has 4 saturated carbocycles. The van der Waals surface area contributed by atoms with Crippen LogP contribution in [0.3, 0.4) is 0 Å². The van der Waals surface area contributed by atoms with E-state index >= 15 is 0 Å². The molecule has 4 bridgehead atoms. The Balaban J connectivity index is 1.38. The van der Waals surface area contributed by atoms with Gasteiger partial charge in [-0.15, -0.1) is 0 Å². The number of carbonyl (C=O) groups excluding carboxylic acids is 1. The van der Waals surface area contributed by atoms with E-state index in [2.05, 4.69) is 17.1 Å². The topological polar surface area (TPSA) is 32.3 Å². The summed E-state index contributed by atoms with van der Waals surface area (Å²) in [5, 5.41) is 3.38. The first kappa shape index (κ1) is 14.0. The summed E-state index contributed by atoms with van der Waals surface area (Å²) in [4.78, 5) is 14.7. The Morgan fingerprint density at radius 1 is 1.10 bits per heavy atom. The van der Waals surface area contributed by atoms with Crippen molar-refractivity contribution in [1.29, 1.82) is 0 Å². The lowest BCUT2D eigenvalue weighted by Crippen LogP contribution is -2.56. The number of hydrogen-bond acceptors (Lipinski definition) is 2. The Hall–Kier alpha value is -0.570. The monoisotopic (exact) mass is 290 g/mol. The Bertz CT molecular complexity index is 378. The highest BCUT2D eigenvalue weighted by Gasteiger charge is 2.53. The summed E-state index contributed by atoms with van der Waals surface area (Å²) in [6.45, 7) is 5.13. The van der Waals surface area contributed by atoms with Crippen LogP contribution < -0.4 is 5.32 Å². The molecule has 5 rings (SSSR count). The van der Waals surface area contributed by atoms with Crippen LogP contribution in [0.25, 0.3) is 0 Å². The molecule has 4 aliphatic carbocycles. The van der Waals surface area contributed by atoms with Crippen LogP contribution in [0.1, 0.15) is 58.3 Å². The van der Waals surface area contributed by atoms with Gasteiger partial charge in [-0.25, -0.2) is 0 Å². The van der Waals surface area contributed by atoms with Crippen molar-refractivity contribution in [2.45, 2.75) is 64.3 Å². The van der Waals surface area contributed by atoms with Gasteiger partial charge in [-0.05, 0) is 94.5 Å². The molecule has 5 fully saturated rings. The normalized spacial score (nSPS) is 43.2. The van der Waals surface area contributed by atoms with Crippen LogP contribution in [0.4, 0.5) is 0 Å². The largest absolute Gasteiger partial charge is 0.352 e. The zero-order valence-corrected chi connectivity index (χ0v) is 13.4. The van der Waals surface area contributed by atoms with Crippen LogP contribution in [0.5, 0.6) is 0 Å². The predicted molar refractivity (Wildman–Crippen MR) is 83.9 cm³/mol. The Morgan fingerprint density at radius 3 is 2.14 bits per heavy atom. The highest BCUT2D eigenvalue weighted by Crippen LogP contribution is 2.61. The van der Waals surface area contributed by atoms with E-state index in [0.29, 0.717) is 18.0 Å². The van der Waals surface area contributed by atoms with Gasteiger partial charge in [-0.2, -0.15) is 0 Å². The number of rotatable bonds is 4. The molecule has 0 aromatic carbocycles. The molecule has 0 unspecified atom stereocenters. The third kappa shape index (κ3) is 2.62. The van der Waals surface area contributed by atoms with Crippen molar-refractivity contribution in [3.8, 4) is 0 Å². The number of carbonyl (C=O) groups is 1. The molecule has 0 spiro atoms. The summed E-state index contributed by atoms with van der Waals surface area (Å²) in [5.74, 6) is 3.16. The van der Waals surface area contributed by atoms with Crippen LogP contribution in [0, 0.1) is 23.2 Å². The minimum absolute atomic E-state index is 0.264. The molecule has 3 heteroatoms. The fourth-order valence-electron chi connectivity index (χ4n) is 6.29. The fourth-order valence-corrected chi connectivity index (χ4v) is 6.29. The van der Waals surface area contributed by atoms with E-state index in [1.807, 2.05) is 0 Å². The van der Waals surface area contributed by atoms with Crippen molar-refractivity contribution in [1.82, 2.24) is 10.2 Å². The second kappa shape index (κ2) is 5.26. The number of nitrogens with zero attached hydrogens (tertiary/aromatic N) is 1. The number of amides is 1. The average Bonchev–Trinajstić information content (AvgIpc) is 2.89. The highest BCUT2D eigenvalue weighted by atomic mass is 16.2. The lowest BCUT2D eigenvalue weighted by Gasteiger charge is -2.59. The Labute approximate surface area is 128 Å². The first-order valence-electron chi connectivity index (χ1n) is 9.15. The van der Waals surface area contributed by atoms with Gasteiger partial charge in [0.05, 0.1) is 6.54 Å². The van der Waals surface area contributed by atoms with Crippen molar-refractivity contribution in [3.63, 3.8) is 0 Å². The fraction of sp³-hybridized carbons (Fsp3) is 0.944. The zero-order chi connectivity index (χ0) is 14.4. The molecule has 1 saturated heterocycles. The maximum atomic E-state index is 12.3. The Morgan fingerprint density at radius 2 is 1.62 bits per heavy atom. The van der Waals surface area contributed by atoms with Crippen molar-refractivity contribution in [3.05, 3.63) is 0 Å². The lowest BCUT2D eigenvalue weighted by molar-refractivity contribution is -0.126. The van der Waals surface area contributed by atoms with E-state index in [1.54, 1.807) is 0 Å². The highest BCUT2D eigenvalue weighted by molar-refractivity contribution is 5.78. The van der Waals surface area contributed by atoms with E-state index in [-0.39, 0.29) is 5.91 Å². The second-order valence-electron chi connectivity index (χ2n) is 8.55. The average molecular weight is 290 g/mol. The number of likely N-dealkylation sites (tertiary alicyclic amines) is 1. The molecule has 0 radical (unpaired) electrons. The molecule has 1 N–H and O–H groups in total. The number of hydrogen-bond donors (Lipinski definition) is 1. The van der Waals surface area contributed by atoms with Crippen LogP contribution in [-0.2, 0) is 4.79 Å². The van der Waals surface area contributed by atoms with Gasteiger partial charge < -0.3 is 5.32 Å². The van der Waals surface area contributed by atoms with E-state index in [9.17, 15) is 4.79 Å². The van der Waals surface area contributed by atoms with E-state index in [0.717, 1.165) is 30.8 Å². The van der Waals surface area contributed by atoms with E-state index < -0.39 is 0 Å². The van der Waals surface area contributed by atoms with E-state index in [4.69, 9.17) is 0 Å². The molecule has 0 aromatic rings. The summed E-state index contributed by atoms with van der Waals surface area (Å²) in [6, 6.07) is 0.376. The van der Waals surface area contributed by atoms with Gasteiger partial charge in [0, 0.05) is 6.04 Å². The molecule has 1 amide bonds. The smallest absolute Gasteiger partial charge is 0.234 e. The van der Waals surface area contributed by atoms with Crippen LogP contribution in [0.2, 0.25) is 0 Å². The zero-order valence-electron chi connectivity index (χ0n) is 13.4. The number of nitrogens with one attached hydrogen (secondary N) is 1. The van der Waals surface area contributed by atoms with Gasteiger partial charge in [0.25, 0.3) is 0 Å². The molecule has 1 atom stereocenters. The minimum Gasteiger partial charge on any atom is -0.352 e. The molecule has 1 heterocycles. The van der Waals surface area contributed by atoms with Gasteiger partial charge in [0.1, 0.15) is 0 Å². The van der Waals surface area contributed by atoms with Gasteiger partial charge in [0.2, 0.25) is 5.91 Å². The molecular formula is C18H30N2O. The van der Waals surface area contributed by atoms with Crippen molar-refractivity contribution in [2.75, 3.05) is 19.6 Å². The molecule has 0 aromatic heterocycles. The van der Waals surface area contributed by atoms with Crippen molar-refractivity contribution in [2.24, 2.45) is 23.2 Å². The predicted octanol–water partition coefficient (Wildman–Crippen LogP) is 2.80. The van der Waals surface area contributed by atoms with Crippen LogP contribution in [0.15, 0.2) is 0 Å². The summed E-state index contributed by atoms with van der Waals surface area (Å²) in [7, 11) is 0. The summed E-state index contributed by atoms with van der Waals surface area (Å²) < 4.78 is 0. The van der Waals surface area contributed by atoms with Gasteiger partial charge >= 0.3 is 0 Å². The van der Waals surface area contributed by atoms with Crippen LogP contribution in [-0.4, -0.2) is 36.5 Å². The maximum Gasteiger partial charge on any atom is 0.234 e. The van der Waals surface area contributed by atoms with Crippen LogP contribution >= 0.6 is 0 Å². The minimum atomic E-state index is 0.264. The van der Waals surface area contributed by atoms with Gasteiger partial charge in [-0.3, -0.25) is 9.69 Å². The molecule has 5 aliphatic rings. The SMILES string of the molecule is C[C@H](NC(=O)CN1CCCC1)C12CC3CC(CC(C3)C1)C2. The molecule has 21 heavy (non-hydrogen) atoms. The van der Waals surface area contributed by atoms with Gasteiger partial charge in [0.15, 0.2) is 0 Å². The molecule has 1 aliphatic heterocycles. The molecular weight excluding hydrogens is 260 g/mol. The van der Waals surface area contributed by atoms with Gasteiger partial charge in [-0.1, -0.05) is 0 Å². The van der Waals surface area contributed by atoms with E-state index in [1.165, 1.54) is 51.4 Å². The third-order valence-electron chi connectivity index (χ3n) is 6.95. The standard InChI is InChI=1S/C18H30N2O/c1-13(19-17(21)12-20-4-2-3-5-20)18-9-14-6-15(10-18)8-16(7-14)11-18/h13-16H,2-12H2,1H3,(H,19,21)/t13-,14?,15?,16?,18?/m0/s1. The Kier molecular flexibility index (Phi) is 3.52. The quantitative estimate of drug-likeness (QED) is 0.863. The second-order valence-corrected chi connectivity index (χ2v) is 8.55. The lowest BCUT2D eigenvalue weighted by atomic mass is 9.48. The van der Waals surface area contributed by atoms with Crippen molar-refractivity contribution >= 4 is 5.91 Å². The summed E-state index contributed by atoms with van der Waals surface area (Å²) in [6.07, 6.45) is 11.1. The third-order valence-corrected chi connectivity index (χ3v) is 6.95.